The molecule has 1 saturated heterocycles. The molecule has 0 radical (unpaired) electrons. The number of nitrogens with zero attached hydrogens (tertiary/aromatic N) is 2. The molecule has 0 N–H and O–H groups in total. The van der Waals surface area contributed by atoms with Gasteiger partial charge in [-0.25, -0.2) is 8.42 Å². The Bertz CT molecular complexity index is 1030. The third-order valence-electron chi connectivity index (χ3n) is 5.04. The van der Waals surface area contributed by atoms with E-state index in [1.54, 1.807) is 4.31 Å². The minimum absolute atomic E-state index is 0.129. The first kappa shape index (κ1) is 16.9. The highest BCUT2D eigenvalue weighted by atomic mass is 32.2. The van der Waals surface area contributed by atoms with Gasteiger partial charge in [0.1, 0.15) is 11.5 Å². The molecular weight excluding hydrogens is 352 g/mol. The predicted octanol–water partition coefficient (Wildman–Crippen LogP) is 3.07. The average molecular weight is 376 g/mol. The maximum atomic E-state index is 11.7. The van der Waals surface area contributed by atoms with Gasteiger partial charge in [0.2, 0.25) is 10.0 Å². The maximum Gasteiger partial charge on any atom is 0.211 e. The first-order valence-electron chi connectivity index (χ1n) is 8.62. The maximum absolute atomic E-state index is 11.7. The summed E-state index contributed by atoms with van der Waals surface area (Å²) in [5, 5.41) is 2.62. The van der Waals surface area contributed by atoms with E-state index in [1.807, 2.05) is 0 Å². The summed E-state index contributed by atoms with van der Waals surface area (Å²) in [6, 6.07) is 15.4. The number of aromatic nitrogens is 1. The van der Waals surface area contributed by atoms with Crippen LogP contribution in [0.5, 0.6) is 0 Å². The zero-order chi connectivity index (χ0) is 17.6. The molecule has 1 aromatic heterocycles. The fourth-order valence-corrected chi connectivity index (χ4v) is 6.94. The number of aryl methyl sites for hydroxylation is 1. The molecule has 1 fully saturated rings. The molecular formula is C19H23N2O2S2+. The Morgan fingerprint density at radius 2 is 1.68 bits per heavy atom. The number of fused-ring (bicyclic) bond motifs is 3. The first-order valence-corrected chi connectivity index (χ1v) is 12.0. The number of hydrogen-bond acceptors (Lipinski definition) is 2. The van der Waals surface area contributed by atoms with Crippen LogP contribution in [0.15, 0.2) is 47.4 Å². The number of hydrogen-bond donors (Lipinski definition) is 0. The van der Waals surface area contributed by atoms with Gasteiger partial charge in [-0.05, 0) is 25.1 Å². The summed E-state index contributed by atoms with van der Waals surface area (Å²) in [6.07, 6.45) is 1.31. The predicted molar refractivity (Wildman–Crippen MR) is 107 cm³/mol. The van der Waals surface area contributed by atoms with Crippen molar-refractivity contribution in [3.8, 4) is 0 Å². The Labute approximate surface area is 151 Å². The second-order valence-corrected chi connectivity index (χ2v) is 10.8. The summed E-state index contributed by atoms with van der Waals surface area (Å²) in [7, 11) is -2.93. The van der Waals surface area contributed by atoms with Crippen molar-refractivity contribution in [2.75, 3.05) is 30.9 Å². The van der Waals surface area contributed by atoms with Crippen LogP contribution in [-0.2, 0) is 27.5 Å². The van der Waals surface area contributed by atoms with Gasteiger partial charge in [-0.2, -0.15) is 4.31 Å². The first-order chi connectivity index (χ1) is 12.0. The zero-order valence-corrected chi connectivity index (χ0v) is 16.2. The molecule has 1 aliphatic rings. The molecule has 3 aromatic rings. The molecule has 0 amide bonds. The van der Waals surface area contributed by atoms with E-state index in [9.17, 15) is 8.42 Å². The molecule has 0 atom stereocenters. The third-order valence-corrected chi connectivity index (χ3v) is 8.61. The SMILES string of the molecule is CCn1c2ccccc2c2cc([S+]3CCN(S(C)(=O)=O)CC3)ccc21. The number of sulfonamides is 1. The highest BCUT2D eigenvalue weighted by Crippen LogP contribution is 2.32. The Morgan fingerprint density at radius 1 is 1.00 bits per heavy atom. The average Bonchev–Trinajstić information content (AvgIpc) is 2.94. The molecule has 25 heavy (non-hydrogen) atoms. The second kappa shape index (κ2) is 6.34. The Hall–Kier alpha value is -1.50. The molecule has 0 unspecified atom stereocenters. The molecule has 2 aromatic carbocycles. The van der Waals surface area contributed by atoms with E-state index in [0.29, 0.717) is 13.1 Å². The lowest BCUT2D eigenvalue weighted by Crippen LogP contribution is -2.43. The largest absolute Gasteiger partial charge is 0.341 e. The standard InChI is InChI=1S/C19H23N2O2S2/c1-3-21-18-7-5-4-6-16(18)17-14-15(8-9-19(17)21)24-12-10-20(11-13-24)25(2,22)23/h4-9,14H,3,10-13H2,1-2H3/q+1. The van der Waals surface area contributed by atoms with Gasteiger partial charge >= 0.3 is 0 Å². The number of para-hydroxylation sites is 1. The fraction of sp³-hybridized carbons (Fsp3) is 0.368. The number of rotatable bonds is 3. The van der Waals surface area contributed by atoms with Crippen LogP contribution in [0.1, 0.15) is 6.92 Å². The zero-order valence-electron chi connectivity index (χ0n) is 14.6. The van der Waals surface area contributed by atoms with Crippen molar-refractivity contribution in [3.05, 3.63) is 42.5 Å². The van der Waals surface area contributed by atoms with Gasteiger partial charge in [-0.3, -0.25) is 0 Å². The van der Waals surface area contributed by atoms with Gasteiger partial charge in [0.25, 0.3) is 0 Å². The van der Waals surface area contributed by atoms with E-state index >= 15 is 0 Å². The van der Waals surface area contributed by atoms with Gasteiger partial charge in [-0.15, -0.1) is 0 Å². The van der Waals surface area contributed by atoms with Crippen LogP contribution in [0.4, 0.5) is 0 Å². The van der Waals surface area contributed by atoms with Crippen LogP contribution in [0, 0.1) is 0 Å². The third kappa shape index (κ3) is 2.96. The van der Waals surface area contributed by atoms with E-state index in [0.717, 1.165) is 18.1 Å². The fourth-order valence-electron chi connectivity index (χ4n) is 3.76. The van der Waals surface area contributed by atoms with Crippen LogP contribution in [0.2, 0.25) is 0 Å². The van der Waals surface area contributed by atoms with Gasteiger partial charge in [0.05, 0.1) is 19.3 Å². The topological polar surface area (TPSA) is 42.3 Å². The van der Waals surface area contributed by atoms with Crippen LogP contribution >= 0.6 is 0 Å². The summed E-state index contributed by atoms with van der Waals surface area (Å²) in [5.74, 6) is 1.84. The molecule has 0 spiro atoms. The molecule has 2 heterocycles. The van der Waals surface area contributed by atoms with Crippen molar-refractivity contribution in [2.24, 2.45) is 0 Å². The minimum atomic E-state index is -3.06. The molecule has 1 aliphatic heterocycles. The van der Waals surface area contributed by atoms with Crippen molar-refractivity contribution in [1.82, 2.24) is 8.87 Å². The normalized spacial score (nSPS) is 17.5. The Balaban J connectivity index is 1.72. The molecule has 0 saturated carbocycles. The molecule has 4 nitrogen and oxygen atoms in total. The van der Waals surface area contributed by atoms with Gasteiger partial charge in [0, 0.05) is 45.3 Å². The lowest BCUT2D eigenvalue weighted by molar-refractivity contribution is 0.446. The van der Waals surface area contributed by atoms with Crippen molar-refractivity contribution in [1.29, 1.82) is 0 Å². The molecule has 132 valence electrons. The highest BCUT2D eigenvalue weighted by Gasteiger charge is 2.32. The van der Waals surface area contributed by atoms with E-state index in [4.69, 9.17) is 0 Å². The molecule has 4 rings (SSSR count). The van der Waals surface area contributed by atoms with Gasteiger partial charge < -0.3 is 4.57 Å². The Morgan fingerprint density at radius 3 is 2.36 bits per heavy atom. The highest BCUT2D eigenvalue weighted by molar-refractivity contribution is 7.97. The lowest BCUT2D eigenvalue weighted by Gasteiger charge is -2.24. The smallest absolute Gasteiger partial charge is 0.211 e. The second-order valence-electron chi connectivity index (χ2n) is 6.50. The molecule has 6 heteroatoms. The lowest BCUT2D eigenvalue weighted by atomic mass is 10.1. The van der Waals surface area contributed by atoms with Crippen molar-refractivity contribution < 1.29 is 8.42 Å². The van der Waals surface area contributed by atoms with Crippen molar-refractivity contribution in [2.45, 2.75) is 18.4 Å². The van der Waals surface area contributed by atoms with E-state index in [-0.39, 0.29) is 10.9 Å². The summed E-state index contributed by atoms with van der Waals surface area (Å²) < 4.78 is 27.4. The van der Waals surface area contributed by atoms with Crippen LogP contribution in [-0.4, -0.2) is 48.1 Å². The Kier molecular flexibility index (Phi) is 4.30. The van der Waals surface area contributed by atoms with E-state index in [2.05, 4.69) is 54.0 Å². The summed E-state index contributed by atoms with van der Waals surface area (Å²) in [6.45, 7) is 4.41. The van der Waals surface area contributed by atoms with E-state index in [1.165, 1.54) is 33.0 Å². The quantitative estimate of drug-likeness (QED) is 0.660. The van der Waals surface area contributed by atoms with Crippen LogP contribution in [0.3, 0.4) is 0 Å². The van der Waals surface area contributed by atoms with E-state index < -0.39 is 10.0 Å². The summed E-state index contributed by atoms with van der Waals surface area (Å²) >= 11 is 0. The monoisotopic (exact) mass is 375 g/mol. The van der Waals surface area contributed by atoms with Gasteiger partial charge in [-0.1, -0.05) is 18.2 Å². The molecule has 0 bridgehead atoms. The van der Waals surface area contributed by atoms with Crippen molar-refractivity contribution >= 4 is 42.7 Å². The number of benzene rings is 2. The molecule has 0 aliphatic carbocycles. The van der Waals surface area contributed by atoms with Crippen LogP contribution in [0.25, 0.3) is 21.8 Å². The van der Waals surface area contributed by atoms with Crippen molar-refractivity contribution in [3.63, 3.8) is 0 Å². The summed E-state index contributed by atoms with van der Waals surface area (Å²) in [4.78, 5) is 1.36. The van der Waals surface area contributed by atoms with Crippen LogP contribution < -0.4 is 0 Å². The minimum Gasteiger partial charge on any atom is -0.341 e. The van der Waals surface area contributed by atoms with Gasteiger partial charge in [0.15, 0.2) is 4.90 Å². The summed E-state index contributed by atoms with van der Waals surface area (Å²) in [5.41, 5.74) is 2.57.